The van der Waals surface area contributed by atoms with Crippen LogP contribution in [-0.2, 0) is 11.2 Å². The smallest absolute Gasteiger partial charge is 0.331 e. The third-order valence-corrected chi connectivity index (χ3v) is 3.05. The molecule has 0 aliphatic carbocycles. The molecule has 0 saturated heterocycles. The van der Waals surface area contributed by atoms with Crippen molar-refractivity contribution in [3.63, 3.8) is 0 Å². The zero-order valence-corrected chi connectivity index (χ0v) is 11.3. The van der Waals surface area contributed by atoms with Crippen LogP contribution in [0.5, 0.6) is 0 Å². The van der Waals surface area contributed by atoms with Gasteiger partial charge in [-0.15, -0.1) is 0 Å². The summed E-state index contributed by atoms with van der Waals surface area (Å²) in [5.41, 5.74) is 2.75. The molecule has 0 amide bonds. The molecule has 0 bridgehead atoms. The second-order valence-corrected chi connectivity index (χ2v) is 4.53. The molecule has 1 aromatic carbocycles. The largest absolute Gasteiger partial charge is 0.478 e. The summed E-state index contributed by atoms with van der Waals surface area (Å²) < 4.78 is 0. The lowest BCUT2D eigenvalue weighted by molar-refractivity contribution is -0.132. The molecule has 0 heterocycles. The molecule has 0 atom stereocenters. The maximum absolute atomic E-state index is 10.9. The Morgan fingerprint density at radius 1 is 1.17 bits per heavy atom. The van der Waals surface area contributed by atoms with Gasteiger partial charge in [0, 0.05) is 5.57 Å². The number of carboxylic acid groups (broad SMARTS) is 1. The fourth-order valence-corrected chi connectivity index (χ4v) is 1.88. The molecule has 0 fully saturated rings. The summed E-state index contributed by atoms with van der Waals surface area (Å²) in [5.74, 6) is -0.829. The van der Waals surface area contributed by atoms with Crippen LogP contribution < -0.4 is 0 Å². The lowest BCUT2D eigenvalue weighted by atomic mass is 10.0. The van der Waals surface area contributed by atoms with Gasteiger partial charge in [-0.25, -0.2) is 4.79 Å². The van der Waals surface area contributed by atoms with Gasteiger partial charge >= 0.3 is 5.97 Å². The normalized spacial score (nSPS) is 11.6. The van der Waals surface area contributed by atoms with E-state index in [1.54, 1.807) is 6.08 Å². The van der Waals surface area contributed by atoms with Gasteiger partial charge in [-0.1, -0.05) is 51.0 Å². The minimum absolute atomic E-state index is 0.453. The van der Waals surface area contributed by atoms with Crippen LogP contribution >= 0.6 is 0 Å². The van der Waals surface area contributed by atoms with Crippen LogP contribution in [0.4, 0.5) is 0 Å². The topological polar surface area (TPSA) is 37.3 Å². The highest BCUT2D eigenvalue weighted by Crippen LogP contribution is 2.13. The standard InChI is InChI=1S/C16H22O2/c1-3-5-6-7-13-8-10-14(11-9-13)12-15(4-2)16(17)18/h8-12H,3-7H2,1-2H3,(H,17,18)/b15-12+. The highest BCUT2D eigenvalue weighted by Gasteiger charge is 2.03. The fourth-order valence-electron chi connectivity index (χ4n) is 1.88. The Hall–Kier alpha value is -1.57. The Morgan fingerprint density at radius 3 is 2.33 bits per heavy atom. The quantitative estimate of drug-likeness (QED) is 0.575. The predicted octanol–water partition coefficient (Wildman–Crippen LogP) is 4.30. The summed E-state index contributed by atoms with van der Waals surface area (Å²) in [6.45, 7) is 4.06. The van der Waals surface area contributed by atoms with Crippen molar-refractivity contribution < 1.29 is 9.90 Å². The second-order valence-electron chi connectivity index (χ2n) is 4.53. The van der Waals surface area contributed by atoms with Gasteiger partial charge in [-0.05, 0) is 36.5 Å². The number of aryl methyl sites for hydroxylation is 1. The molecule has 0 radical (unpaired) electrons. The summed E-state index contributed by atoms with van der Waals surface area (Å²) in [6.07, 6.45) is 7.13. The first-order valence-corrected chi connectivity index (χ1v) is 6.70. The van der Waals surface area contributed by atoms with E-state index < -0.39 is 5.97 Å². The van der Waals surface area contributed by atoms with Gasteiger partial charge in [-0.2, -0.15) is 0 Å². The lowest BCUT2D eigenvalue weighted by Gasteiger charge is -2.02. The number of carboxylic acids is 1. The molecule has 1 aromatic rings. The number of carbonyl (C=O) groups is 1. The molecule has 98 valence electrons. The molecular formula is C16H22O2. The van der Waals surface area contributed by atoms with Crippen molar-refractivity contribution in [3.05, 3.63) is 41.0 Å². The van der Waals surface area contributed by atoms with E-state index in [0.717, 1.165) is 12.0 Å². The van der Waals surface area contributed by atoms with Crippen molar-refractivity contribution in [1.82, 2.24) is 0 Å². The predicted molar refractivity (Wildman–Crippen MR) is 75.6 cm³/mol. The minimum Gasteiger partial charge on any atom is -0.478 e. The molecule has 2 nitrogen and oxygen atoms in total. The minimum atomic E-state index is -0.829. The van der Waals surface area contributed by atoms with Gasteiger partial charge < -0.3 is 5.11 Å². The molecule has 18 heavy (non-hydrogen) atoms. The zero-order chi connectivity index (χ0) is 13.4. The van der Waals surface area contributed by atoms with E-state index in [4.69, 9.17) is 5.11 Å². The van der Waals surface area contributed by atoms with Crippen molar-refractivity contribution in [2.45, 2.75) is 46.0 Å². The summed E-state index contributed by atoms with van der Waals surface area (Å²) in [6, 6.07) is 8.19. The van der Waals surface area contributed by atoms with E-state index in [9.17, 15) is 4.79 Å². The van der Waals surface area contributed by atoms with E-state index >= 15 is 0 Å². The molecule has 0 saturated carbocycles. The van der Waals surface area contributed by atoms with Crippen molar-refractivity contribution in [2.75, 3.05) is 0 Å². The maximum atomic E-state index is 10.9. The number of aliphatic carboxylic acids is 1. The van der Waals surface area contributed by atoms with Crippen LogP contribution in [0.1, 0.15) is 50.7 Å². The van der Waals surface area contributed by atoms with Crippen LogP contribution in [0.15, 0.2) is 29.8 Å². The summed E-state index contributed by atoms with van der Waals surface area (Å²) >= 11 is 0. The van der Waals surface area contributed by atoms with Crippen LogP contribution in [0.2, 0.25) is 0 Å². The Balaban J connectivity index is 2.67. The van der Waals surface area contributed by atoms with E-state index in [1.807, 2.05) is 19.1 Å². The number of hydrogen-bond acceptors (Lipinski definition) is 1. The van der Waals surface area contributed by atoms with Gasteiger partial charge in [0.05, 0.1) is 0 Å². The molecule has 1 N–H and O–H groups in total. The molecule has 0 spiro atoms. The van der Waals surface area contributed by atoms with Crippen LogP contribution in [0.3, 0.4) is 0 Å². The van der Waals surface area contributed by atoms with Crippen LogP contribution in [0, 0.1) is 0 Å². The highest BCUT2D eigenvalue weighted by atomic mass is 16.4. The lowest BCUT2D eigenvalue weighted by Crippen LogP contribution is -1.98. The number of benzene rings is 1. The third-order valence-electron chi connectivity index (χ3n) is 3.05. The highest BCUT2D eigenvalue weighted by molar-refractivity contribution is 5.92. The Bertz CT molecular complexity index is 402. The van der Waals surface area contributed by atoms with E-state index in [2.05, 4.69) is 19.1 Å². The molecular weight excluding hydrogens is 224 g/mol. The average Bonchev–Trinajstić information content (AvgIpc) is 2.37. The Labute approximate surface area is 109 Å². The monoisotopic (exact) mass is 246 g/mol. The van der Waals surface area contributed by atoms with Crippen molar-refractivity contribution in [3.8, 4) is 0 Å². The third kappa shape index (κ3) is 4.74. The molecule has 0 aliphatic rings. The van der Waals surface area contributed by atoms with Gasteiger partial charge in [0.25, 0.3) is 0 Å². The fraction of sp³-hybridized carbons (Fsp3) is 0.438. The molecule has 0 aliphatic heterocycles. The number of hydrogen-bond donors (Lipinski definition) is 1. The number of rotatable bonds is 7. The first-order chi connectivity index (χ1) is 8.67. The maximum Gasteiger partial charge on any atom is 0.331 e. The Morgan fingerprint density at radius 2 is 1.83 bits per heavy atom. The molecule has 0 aromatic heterocycles. The molecule has 1 rings (SSSR count). The van der Waals surface area contributed by atoms with Crippen LogP contribution in [-0.4, -0.2) is 11.1 Å². The van der Waals surface area contributed by atoms with Crippen LogP contribution in [0.25, 0.3) is 6.08 Å². The molecule has 2 heteroatoms. The molecule has 0 unspecified atom stereocenters. The second kappa shape index (κ2) is 7.70. The van der Waals surface area contributed by atoms with Crippen molar-refractivity contribution in [1.29, 1.82) is 0 Å². The van der Waals surface area contributed by atoms with Gasteiger partial charge in [0.2, 0.25) is 0 Å². The summed E-state index contributed by atoms with van der Waals surface area (Å²) in [7, 11) is 0. The zero-order valence-electron chi connectivity index (χ0n) is 11.3. The summed E-state index contributed by atoms with van der Waals surface area (Å²) in [4.78, 5) is 10.9. The Kier molecular flexibility index (Phi) is 6.20. The van der Waals surface area contributed by atoms with E-state index in [1.165, 1.54) is 24.8 Å². The van der Waals surface area contributed by atoms with Crippen molar-refractivity contribution in [2.24, 2.45) is 0 Å². The SMILES string of the molecule is CCCCCc1ccc(/C=C(\CC)C(=O)O)cc1. The first kappa shape index (κ1) is 14.5. The average molecular weight is 246 g/mol. The van der Waals surface area contributed by atoms with E-state index in [0.29, 0.717) is 12.0 Å². The van der Waals surface area contributed by atoms with Gasteiger partial charge in [0.1, 0.15) is 0 Å². The first-order valence-electron chi connectivity index (χ1n) is 6.70. The number of unbranched alkanes of at least 4 members (excludes halogenated alkanes) is 2. The van der Waals surface area contributed by atoms with Gasteiger partial charge in [0.15, 0.2) is 0 Å². The summed E-state index contributed by atoms with van der Waals surface area (Å²) in [5, 5.41) is 8.96. The van der Waals surface area contributed by atoms with E-state index in [-0.39, 0.29) is 0 Å². The van der Waals surface area contributed by atoms with Crippen molar-refractivity contribution >= 4 is 12.0 Å². The van der Waals surface area contributed by atoms with Gasteiger partial charge in [-0.3, -0.25) is 0 Å².